The number of rotatable bonds is 0. The van der Waals surface area contributed by atoms with Gasteiger partial charge in [0.25, 0.3) is 0 Å². The standard InChI is InChI=1S/C5H12N2.C4H9N/c1-7-4-2-6-3-5-7;1-2-4-5-3-1/h6H,2-5H2,1H3;5H,1-4H2. The highest BCUT2D eigenvalue weighted by Gasteiger charge is 2.01. The lowest BCUT2D eigenvalue weighted by Gasteiger charge is -2.21. The van der Waals surface area contributed by atoms with E-state index >= 15 is 0 Å². The molecule has 0 amide bonds. The molecule has 0 saturated carbocycles. The summed E-state index contributed by atoms with van der Waals surface area (Å²) in [5, 5.41) is 6.50. The predicted octanol–water partition coefficient (Wildman–Crippen LogP) is -0.109. The van der Waals surface area contributed by atoms with Gasteiger partial charge in [-0.2, -0.15) is 0 Å². The Morgan fingerprint density at radius 1 is 0.833 bits per heavy atom. The van der Waals surface area contributed by atoms with Crippen LogP contribution in [-0.4, -0.2) is 51.2 Å². The van der Waals surface area contributed by atoms with Crippen LogP contribution in [0.15, 0.2) is 0 Å². The predicted molar refractivity (Wildman–Crippen MR) is 52.5 cm³/mol. The molecule has 72 valence electrons. The van der Waals surface area contributed by atoms with Gasteiger partial charge >= 0.3 is 0 Å². The zero-order valence-corrected chi connectivity index (χ0v) is 8.10. The molecule has 3 nitrogen and oxygen atoms in total. The summed E-state index contributed by atoms with van der Waals surface area (Å²) in [4.78, 5) is 2.33. The van der Waals surface area contributed by atoms with Crippen molar-refractivity contribution in [2.24, 2.45) is 0 Å². The Balaban J connectivity index is 0.000000127. The molecule has 2 saturated heterocycles. The Morgan fingerprint density at radius 2 is 1.33 bits per heavy atom. The van der Waals surface area contributed by atoms with Crippen LogP contribution in [0.5, 0.6) is 0 Å². The monoisotopic (exact) mass is 171 g/mol. The normalized spacial score (nSPS) is 24.8. The topological polar surface area (TPSA) is 27.3 Å². The number of nitrogens with zero attached hydrogens (tertiary/aromatic N) is 1. The van der Waals surface area contributed by atoms with Crippen LogP contribution in [0.2, 0.25) is 0 Å². The molecule has 0 aromatic heterocycles. The van der Waals surface area contributed by atoms with Crippen molar-refractivity contribution in [3.8, 4) is 0 Å². The van der Waals surface area contributed by atoms with Gasteiger partial charge in [-0.15, -0.1) is 0 Å². The maximum absolute atomic E-state index is 3.27. The van der Waals surface area contributed by atoms with Crippen LogP contribution in [0, 0.1) is 0 Å². The van der Waals surface area contributed by atoms with Gasteiger partial charge in [-0.3, -0.25) is 0 Å². The molecule has 2 aliphatic heterocycles. The Labute approximate surface area is 75.5 Å². The minimum atomic E-state index is 1.16. The van der Waals surface area contributed by atoms with Crippen molar-refractivity contribution < 1.29 is 0 Å². The molecule has 2 rings (SSSR count). The van der Waals surface area contributed by atoms with Crippen molar-refractivity contribution in [3.05, 3.63) is 0 Å². The molecular weight excluding hydrogens is 150 g/mol. The fourth-order valence-electron chi connectivity index (χ4n) is 1.40. The Hall–Kier alpha value is -0.120. The molecule has 0 bridgehead atoms. The van der Waals surface area contributed by atoms with Gasteiger partial charge in [0.1, 0.15) is 0 Å². The van der Waals surface area contributed by atoms with E-state index < -0.39 is 0 Å². The highest BCUT2D eigenvalue weighted by atomic mass is 15.2. The third kappa shape index (κ3) is 4.70. The second-order valence-corrected chi connectivity index (χ2v) is 3.51. The van der Waals surface area contributed by atoms with Crippen molar-refractivity contribution in [2.45, 2.75) is 12.8 Å². The number of hydrogen-bond donors (Lipinski definition) is 2. The van der Waals surface area contributed by atoms with E-state index in [1.807, 2.05) is 0 Å². The summed E-state index contributed by atoms with van der Waals surface area (Å²) in [6.07, 6.45) is 2.78. The summed E-state index contributed by atoms with van der Waals surface area (Å²) >= 11 is 0. The van der Waals surface area contributed by atoms with E-state index in [9.17, 15) is 0 Å². The minimum absolute atomic E-state index is 1.16. The molecule has 2 N–H and O–H groups in total. The SMILES string of the molecule is C1CCNC1.CN1CCNCC1. The van der Waals surface area contributed by atoms with Crippen LogP contribution in [0.1, 0.15) is 12.8 Å². The first kappa shape index (κ1) is 9.96. The third-order valence-corrected chi connectivity index (χ3v) is 2.30. The highest BCUT2D eigenvalue weighted by Crippen LogP contribution is 1.90. The van der Waals surface area contributed by atoms with Crippen LogP contribution < -0.4 is 10.6 Å². The maximum atomic E-state index is 3.27. The van der Waals surface area contributed by atoms with Gasteiger partial charge in [0, 0.05) is 26.2 Å². The van der Waals surface area contributed by atoms with E-state index in [1.54, 1.807) is 0 Å². The van der Waals surface area contributed by atoms with Crippen molar-refractivity contribution >= 4 is 0 Å². The average molecular weight is 171 g/mol. The summed E-state index contributed by atoms with van der Waals surface area (Å²) < 4.78 is 0. The molecule has 0 atom stereocenters. The van der Waals surface area contributed by atoms with E-state index in [2.05, 4.69) is 22.6 Å². The van der Waals surface area contributed by atoms with Crippen molar-refractivity contribution in [1.82, 2.24) is 15.5 Å². The molecule has 0 radical (unpaired) electrons. The van der Waals surface area contributed by atoms with Crippen molar-refractivity contribution in [2.75, 3.05) is 46.3 Å². The van der Waals surface area contributed by atoms with Gasteiger partial charge in [0.15, 0.2) is 0 Å². The fraction of sp³-hybridized carbons (Fsp3) is 1.00. The van der Waals surface area contributed by atoms with E-state index in [4.69, 9.17) is 0 Å². The number of likely N-dealkylation sites (N-methyl/N-ethyl adjacent to an activating group) is 1. The zero-order valence-electron chi connectivity index (χ0n) is 8.10. The van der Waals surface area contributed by atoms with E-state index in [0.717, 1.165) is 13.1 Å². The zero-order chi connectivity index (χ0) is 8.65. The van der Waals surface area contributed by atoms with Gasteiger partial charge in [0.05, 0.1) is 0 Å². The van der Waals surface area contributed by atoms with Gasteiger partial charge in [-0.05, 0) is 33.0 Å². The maximum Gasteiger partial charge on any atom is 0.0104 e. The Kier molecular flexibility index (Phi) is 5.32. The van der Waals surface area contributed by atoms with Crippen LogP contribution in [-0.2, 0) is 0 Å². The molecule has 0 aromatic rings. The molecule has 0 aliphatic carbocycles. The van der Waals surface area contributed by atoms with Gasteiger partial charge < -0.3 is 15.5 Å². The van der Waals surface area contributed by atoms with Crippen LogP contribution >= 0.6 is 0 Å². The molecule has 2 heterocycles. The number of piperazine rings is 1. The van der Waals surface area contributed by atoms with Crippen LogP contribution in [0.4, 0.5) is 0 Å². The smallest absolute Gasteiger partial charge is 0.0104 e. The van der Waals surface area contributed by atoms with Crippen molar-refractivity contribution in [1.29, 1.82) is 0 Å². The molecule has 0 spiro atoms. The molecule has 12 heavy (non-hydrogen) atoms. The summed E-state index contributed by atoms with van der Waals surface area (Å²) in [5.74, 6) is 0. The van der Waals surface area contributed by atoms with Crippen molar-refractivity contribution in [3.63, 3.8) is 0 Å². The van der Waals surface area contributed by atoms with Gasteiger partial charge in [-0.25, -0.2) is 0 Å². The van der Waals surface area contributed by atoms with Gasteiger partial charge in [-0.1, -0.05) is 0 Å². The van der Waals surface area contributed by atoms with Crippen LogP contribution in [0.3, 0.4) is 0 Å². The molecule has 2 fully saturated rings. The first-order valence-electron chi connectivity index (χ1n) is 4.99. The lowest BCUT2D eigenvalue weighted by molar-refractivity contribution is 0.291. The molecule has 2 aliphatic rings. The second kappa shape index (κ2) is 6.40. The first-order valence-corrected chi connectivity index (χ1v) is 4.99. The van der Waals surface area contributed by atoms with E-state index in [1.165, 1.54) is 39.0 Å². The molecular formula is C9H21N3. The second-order valence-electron chi connectivity index (χ2n) is 3.51. The Bertz CT molecular complexity index is 88.3. The largest absolute Gasteiger partial charge is 0.317 e. The highest BCUT2D eigenvalue weighted by molar-refractivity contribution is 4.62. The number of nitrogens with one attached hydrogen (secondary N) is 2. The first-order chi connectivity index (χ1) is 5.89. The Morgan fingerprint density at radius 3 is 1.58 bits per heavy atom. The number of hydrogen-bond acceptors (Lipinski definition) is 3. The molecule has 0 unspecified atom stereocenters. The van der Waals surface area contributed by atoms with E-state index in [-0.39, 0.29) is 0 Å². The molecule has 0 aromatic carbocycles. The summed E-state index contributed by atoms with van der Waals surface area (Å²) in [6.45, 7) is 7.24. The van der Waals surface area contributed by atoms with Gasteiger partial charge in [0.2, 0.25) is 0 Å². The lowest BCUT2D eigenvalue weighted by atomic mass is 10.4. The average Bonchev–Trinajstić information content (AvgIpc) is 2.62. The fourth-order valence-corrected chi connectivity index (χ4v) is 1.40. The quantitative estimate of drug-likeness (QED) is 0.532. The lowest BCUT2D eigenvalue weighted by Crippen LogP contribution is -2.40. The van der Waals surface area contributed by atoms with E-state index in [0.29, 0.717) is 0 Å². The van der Waals surface area contributed by atoms with Crippen LogP contribution in [0.25, 0.3) is 0 Å². The minimum Gasteiger partial charge on any atom is -0.317 e. The summed E-state index contributed by atoms with van der Waals surface area (Å²) in [6, 6.07) is 0. The molecule has 3 heteroatoms. The third-order valence-electron chi connectivity index (χ3n) is 2.30. The summed E-state index contributed by atoms with van der Waals surface area (Å²) in [5.41, 5.74) is 0. The summed E-state index contributed by atoms with van der Waals surface area (Å²) in [7, 11) is 2.15.